The Kier molecular flexibility index (Phi) is 2.57. The minimum absolute atomic E-state index is 0.0213. The van der Waals surface area contributed by atoms with Crippen LogP contribution in [-0.2, 0) is 0 Å². The van der Waals surface area contributed by atoms with Crippen LogP contribution in [0.4, 0.5) is 0 Å². The number of pyridine rings is 1. The van der Waals surface area contributed by atoms with Crippen LogP contribution in [0.1, 0.15) is 19.9 Å². The lowest BCUT2D eigenvalue weighted by Crippen LogP contribution is -2.22. The predicted octanol–water partition coefficient (Wildman–Crippen LogP) is 2.87. The fraction of sp³-hybridized carbons (Fsp3) is 0.250. The van der Waals surface area contributed by atoms with E-state index in [2.05, 4.69) is 12.6 Å². The molecule has 0 aliphatic heterocycles. The number of fused-ring (bicyclic) bond motifs is 1. The van der Waals surface area contributed by atoms with Crippen LogP contribution in [0.5, 0.6) is 0 Å². The molecule has 0 N–H and O–H groups in total. The number of rotatable bonds is 1. The molecular formula is C12H13NOS. The van der Waals surface area contributed by atoms with Crippen LogP contribution in [-0.4, -0.2) is 4.57 Å². The number of para-hydroxylation sites is 1. The summed E-state index contributed by atoms with van der Waals surface area (Å²) in [7, 11) is 0. The van der Waals surface area contributed by atoms with E-state index in [0.29, 0.717) is 4.90 Å². The summed E-state index contributed by atoms with van der Waals surface area (Å²) in [5.74, 6) is 0. The monoisotopic (exact) mass is 219 g/mol. The van der Waals surface area contributed by atoms with Gasteiger partial charge in [-0.3, -0.25) is 4.79 Å². The fourth-order valence-corrected chi connectivity index (χ4v) is 2.03. The molecular weight excluding hydrogens is 206 g/mol. The molecule has 0 aliphatic rings. The third kappa shape index (κ3) is 1.67. The van der Waals surface area contributed by atoms with E-state index in [-0.39, 0.29) is 11.6 Å². The SMILES string of the molecule is CC(C)n1c(=O)c(S)cc2ccccc21. The summed E-state index contributed by atoms with van der Waals surface area (Å²) >= 11 is 4.20. The molecule has 3 heteroatoms. The van der Waals surface area contributed by atoms with Gasteiger partial charge in [0, 0.05) is 6.04 Å². The van der Waals surface area contributed by atoms with E-state index in [9.17, 15) is 4.79 Å². The van der Waals surface area contributed by atoms with Gasteiger partial charge in [-0.15, -0.1) is 12.6 Å². The Hall–Kier alpha value is -1.22. The van der Waals surface area contributed by atoms with Crippen molar-refractivity contribution >= 4 is 23.5 Å². The smallest absolute Gasteiger partial charge is 0.264 e. The van der Waals surface area contributed by atoms with Gasteiger partial charge in [-0.25, -0.2) is 0 Å². The lowest BCUT2D eigenvalue weighted by atomic mass is 10.2. The molecule has 0 saturated heterocycles. The number of thiol groups is 1. The highest BCUT2D eigenvalue weighted by atomic mass is 32.1. The number of hydrogen-bond acceptors (Lipinski definition) is 2. The van der Waals surface area contributed by atoms with Crippen molar-refractivity contribution in [3.8, 4) is 0 Å². The first kappa shape index (κ1) is 10.3. The van der Waals surface area contributed by atoms with E-state index in [1.54, 1.807) is 4.57 Å². The van der Waals surface area contributed by atoms with Crippen LogP contribution >= 0.6 is 12.6 Å². The summed E-state index contributed by atoms with van der Waals surface area (Å²) in [6.45, 7) is 4.00. The molecule has 0 amide bonds. The van der Waals surface area contributed by atoms with Crippen LogP contribution in [0.25, 0.3) is 10.9 Å². The van der Waals surface area contributed by atoms with Crippen LogP contribution < -0.4 is 5.56 Å². The third-order valence-corrected chi connectivity index (χ3v) is 2.76. The first-order valence-electron chi connectivity index (χ1n) is 4.94. The van der Waals surface area contributed by atoms with E-state index in [1.807, 2.05) is 44.2 Å². The molecule has 0 atom stereocenters. The molecule has 0 unspecified atom stereocenters. The summed E-state index contributed by atoms with van der Waals surface area (Å²) in [4.78, 5) is 12.4. The van der Waals surface area contributed by atoms with Crippen molar-refractivity contribution in [3.05, 3.63) is 40.7 Å². The first-order chi connectivity index (χ1) is 7.11. The highest BCUT2D eigenvalue weighted by molar-refractivity contribution is 7.80. The van der Waals surface area contributed by atoms with Crippen LogP contribution in [0.15, 0.2) is 40.0 Å². The molecule has 1 heterocycles. The van der Waals surface area contributed by atoms with E-state index in [1.165, 1.54) is 0 Å². The third-order valence-electron chi connectivity index (χ3n) is 2.44. The number of hydrogen-bond donors (Lipinski definition) is 1. The lowest BCUT2D eigenvalue weighted by molar-refractivity contribution is 0.593. The maximum Gasteiger partial charge on any atom is 0.264 e. The molecule has 0 bridgehead atoms. The molecule has 0 saturated carbocycles. The molecule has 0 spiro atoms. The topological polar surface area (TPSA) is 22.0 Å². The molecule has 0 fully saturated rings. The lowest BCUT2D eigenvalue weighted by Gasteiger charge is -2.14. The molecule has 0 radical (unpaired) electrons. The Bertz CT molecular complexity index is 557. The van der Waals surface area contributed by atoms with Crippen molar-refractivity contribution in [1.29, 1.82) is 0 Å². The first-order valence-corrected chi connectivity index (χ1v) is 5.39. The highest BCUT2D eigenvalue weighted by Crippen LogP contribution is 2.17. The van der Waals surface area contributed by atoms with Crippen molar-refractivity contribution in [2.75, 3.05) is 0 Å². The summed E-state index contributed by atoms with van der Waals surface area (Å²) in [6, 6.07) is 9.83. The van der Waals surface area contributed by atoms with Gasteiger partial charge < -0.3 is 4.57 Å². The number of nitrogens with zero attached hydrogens (tertiary/aromatic N) is 1. The molecule has 2 nitrogen and oxygen atoms in total. The van der Waals surface area contributed by atoms with Gasteiger partial charge >= 0.3 is 0 Å². The second-order valence-electron chi connectivity index (χ2n) is 3.86. The van der Waals surface area contributed by atoms with Gasteiger partial charge in [-0.2, -0.15) is 0 Å². The predicted molar refractivity (Wildman–Crippen MR) is 65.8 cm³/mol. The fourth-order valence-electron chi connectivity index (χ4n) is 1.78. The minimum atomic E-state index is -0.0213. The molecule has 15 heavy (non-hydrogen) atoms. The number of benzene rings is 1. The van der Waals surface area contributed by atoms with Crippen molar-refractivity contribution in [3.63, 3.8) is 0 Å². The summed E-state index contributed by atoms with van der Waals surface area (Å²) < 4.78 is 1.78. The average molecular weight is 219 g/mol. The van der Waals surface area contributed by atoms with Gasteiger partial charge in [0.05, 0.1) is 10.4 Å². The van der Waals surface area contributed by atoms with E-state index in [4.69, 9.17) is 0 Å². The van der Waals surface area contributed by atoms with Gasteiger partial charge in [0.2, 0.25) is 0 Å². The van der Waals surface area contributed by atoms with E-state index < -0.39 is 0 Å². The molecule has 2 rings (SSSR count). The van der Waals surface area contributed by atoms with Gasteiger partial charge in [-0.1, -0.05) is 18.2 Å². The molecule has 0 aliphatic carbocycles. The Balaban J connectivity index is 2.96. The molecule has 1 aromatic heterocycles. The maximum absolute atomic E-state index is 11.9. The van der Waals surface area contributed by atoms with E-state index >= 15 is 0 Å². The van der Waals surface area contributed by atoms with Crippen LogP contribution in [0.3, 0.4) is 0 Å². The molecule has 78 valence electrons. The summed E-state index contributed by atoms with van der Waals surface area (Å²) in [5.41, 5.74) is 0.947. The van der Waals surface area contributed by atoms with Gasteiger partial charge in [-0.05, 0) is 31.4 Å². The second-order valence-corrected chi connectivity index (χ2v) is 4.34. The quantitative estimate of drug-likeness (QED) is 0.732. The summed E-state index contributed by atoms with van der Waals surface area (Å²) in [5, 5.41) is 1.05. The molecule has 1 aromatic carbocycles. The van der Waals surface area contributed by atoms with E-state index in [0.717, 1.165) is 10.9 Å². The standard InChI is InChI=1S/C12H13NOS/c1-8(2)13-10-6-4-3-5-9(10)7-11(15)12(13)14/h3-8,15H,1-2H3. The Labute approximate surface area is 94.0 Å². The Morgan fingerprint density at radius 3 is 2.60 bits per heavy atom. The van der Waals surface area contributed by atoms with Crippen molar-refractivity contribution in [1.82, 2.24) is 4.57 Å². The maximum atomic E-state index is 11.9. The zero-order valence-electron chi connectivity index (χ0n) is 8.77. The largest absolute Gasteiger partial charge is 0.305 e. The zero-order valence-corrected chi connectivity index (χ0v) is 9.66. The van der Waals surface area contributed by atoms with Crippen molar-refractivity contribution < 1.29 is 0 Å². The van der Waals surface area contributed by atoms with Crippen LogP contribution in [0.2, 0.25) is 0 Å². The zero-order chi connectivity index (χ0) is 11.0. The highest BCUT2D eigenvalue weighted by Gasteiger charge is 2.08. The minimum Gasteiger partial charge on any atom is -0.305 e. The van der Waals surface area contributed by atoms with Crippen molar-refractivity contribution in [2.24, 2.45) is 0 Å². The Morgan fingerprint density at radius 1 is 1.27 bits per heavy atom. The number of aromatic nitrogens is 1. The van der Waals surface area contributed by atoms with Crippen molar-refractivity contribution in [2.45, 2.75) is 24.8 Å². The van der Waals surface area contributed by atoms with Gasteiger partial charge in [0.15, 0.2) is 0 Å². The van der Waals surface area contributed by atoms with Crippen LogP contribution in [0, 0.1) is 0 Å². The normalized spacial score (nSPS) is 11.2. The second kappa shape index (κ2) is 3.74. The summed E-state index contributed by atoms with van der Waals surface area (Å²) in [6.07, 6.45) is 0. The van der Waals surface area contributed by atoms with Gasteiger partial charge in [0.1, 0.15) is 0 Å². The Morgan fingerprint density at radius 2 is 1.93 bits per heavy atom. The molecule has 2 aromatic rings. The average Bonchev–Trinajstić information content (AvgIpc) is 2.19. The van der Waals surface area contributed by atoms with Gasteiger partial charge in [0.25, 0.3) is 5.56 Å².